The van der Waals surface area contributed by atoms with Gasteiger partial charge in [-0.25, -0.2) is 0 Å². The first-order valence-electron chi connectivity index (χ1n) is 10.9. The third-order valence-corrected chi connectivity index (χ3v) is 5.25. The number of ether oxygens (including phenoxy) is 2. The maximum absolute atomic E-state index is 12.8. The number of rotatable bonds is 9. The van der Waals surface area contributed by atoms with E-state index in [1.54, 1.807) is 42.5 Å². The van der Waals surface area contributed by atoms with E-state index in [4.69, 9.17) is 21.7 Å². The van der Waals surface area contributed by atoms with Gasteiger partial charge in [0, 0.05) is 13.2 Å². The lowest BCUT2D eigenvalue weighted by Gasteiger charge is -2.16. The third kappa shape index (κ3) is 6.77. The van der Waals surface area contributed by atoms with Crippen LogP contribution in [0.5, 0.6) is 5.75 Å². The van der Waals surface area contributed by atoms with Gasteiger partial charge in [0.05, 0.1) is 29.5 Å². The Bertz CT molecular complexity index is 944. The van der Waals surface area contributed by atoms with Gasteiger partial charge in [0.2, 0.25) is 0 Å². The first-order valence-corrected chi connectivity index (χ1v) is 11.3. The molecule has 1 fully saturated rings. The number of benzene rings is 2. The lowest BCUT2D eigenvalue weighted by molar-refractivity contribution is 0.0858. The van der Waals surface area contributed by atoms with Crippen LogP contribution in [0.15, 0.2) is 48.5 Å². The second-order valence-electron chi connectivity index (χ2n) is 7.50. The van der Waals surface area contributed by atoms with E-state index >= 15 is 0 Å². The molecule has 1 aliphatic rings. The zero-order chi connectivity index (χ0) is 22.8. The quantitative estimate of drug-likeness (QED) is 0.393. The average molecular weight is 456 g/mol. The summed E-state index contributed by atoms with van der Waals surface area (Å²) in [5, 5.41) is 8.62. The number of carbonyl (C=O) groups is 2. The molecule has 8 heteroatoms. The van der Waals surface area contributed by atoms with Gasteiger partial charge in [0.25, 0.3) is 11.8 Å². The summed E-state index contributed by atoms with van der Waals surface area (Å²) >= 11 is 5.32. The van der Waals surface area contributed by atoms with Gasteiger partial charge in [0.15, 0.2) is 5.11 Å². The van der Waals surface area contributed by atoms with Gasteiger partial charge >= 0.3 is 0 Å². The molecule has 2 amide bonds. The van der Waals surface area contributed by atoms with Crippen LogP contribution in [-0.4, -0.2) is 42.8 Å². The van der Waals surface area contributed by atoms with Crippen molar-refractivity contribution in [3.05, 3.63) is 59.7 Å². The molecule has 1 unspecified atom stereocenters. The molecule has 2 aromatic carbocycles. The molecule has 7 nitrogen and oxygen atoms in total. The number of hydrogen-bond donors (Lipinski definition) is 3. The van der Waals surface area contributed by atoms with Crippen molar-refractivity contribution in [3.63, 3.8) is 0 Å². The van der Waals surface area contributed by atoms with E-state index in [1.165, 1.54) is 0 Å². The highest BCUT2D eigenvalue weighted by atomic mass is 32.1. The number of anilines is 1. The average Bonchev–Trinajstić information content (AvgIpc) is 3.32. The Morgan fingerprint density at radius 2 is 1.84 bits per heavy atom. The molecule has 0 aliphatic carbocycles. The highest BCUT2D eigenvalue weighted by Gasteiger charge is 2.19. The Hall–Kier alpha value is -2.97. The number of unbranched alkanes of at least 4 members (excludes halogenated alkanes) is 1. The number of para-hydroxylation sites is 2. The summed E-state index contributed by atoms with van der Waals surface area (Å²) in [6.45, 7) is 3.81. The van der Waals surface area contributed by atoms with Gasteiger partial charge in [-0.15, -0.1) is 0 Å². The van der Waals surface area contributed by atoms with Crippen molar-refractivity contribution in [1.82, 2.24) is 10.6 Å². The summed E-state index contributed by atoms with van der Waals surface area (Å²) < 4.78 is 11.3. The number of amides is 2. The van der Waals surface area contributed by atoms with Crippen molar-refractivity contribution in [2.75, 3.05) is 25.1 Å². The van der Waals surface area contributed by atoms with Crippen LogP contribution in [0.4, 0.5) is 5.69 Å². The standard InChI is InChI=1S/C24H29N3O4S/c1-2-3-14-31-21-13-7-5-11-19(21)23(29)27-24(32)26-20-12-6-4-10-18(20)22(28)25-16-17-9-8-15-30-17/h4-7,10-13,17H,2-3,8-9,14-16H2,1H3,(H,25,28)(H2,26,27,29,32). The smallest absolute Gasteiger partial charge is 0.261 e. The SMILES string of the molecule is CCCCOc1ccccc1C(=O)NC(=S)Nc1ccccc1C(=O)NCC1CCCO1. The summed E-state index contributed by atoms with van der Waals surface area (Å²) in [6.07, 6.45) is 3.92. The van der Waals surface area contributed by atoms with Crippen LogP contribution in [0.1, 0.15) is 53.3 Å². The summed E-state index contributed by atoms with van der Waals surface area (Å²) in [5.41, 5.74) is 1.34. The van der Waals surface area contributed by atoms with Crippen molar-refractivity contribution in [3.8, 4) is 5.75 Å². The zero-order valence-corrected chi connectivity index (χ0v) is 19.0. The fraction of sp³-hybridized carbons (Fsp3) is 0.375. The fourth-order valence-electron chi connectivity index (χ4n) is 3.33. The molecule has 170 valence electrons. The van der Waals surface area contributed by atoms with Crippen LogP contribution in [0.25, 0.3) is 0 Å². The molecule has 1 heterocycles. The van der Waals surface area contributed by atoms with E-state index in [0.717, 1.165) is 32.3 Å². The maximum Gasteiger partial charge on any atom is 0.261 e. The Morgan fingerprint density at radius 3 is 2.59 bits per heavy atom. The number of nitrogens with one attached hydrogen (secondary N) is 3. The van der Waals surface area contributed by atoms with Crippen LogP contribution in [0.2, 0.25) is 0 Å². The van der Waals surface area contributed by atoms with Gasteiger partial charge in [0.1, 0.15) is 5.75 Å². The van der Waals surface area contributed by atoms with Crippen LogP contribution in [-0.2, 0) is 4.74 Å². The Morgan fingerprint density at radius 1 is 1.09 bits per heavy atom. The molecule has 0 aromatic heterocycles. The largest absolute Gasteiger partial charge is 0.493 e. The van der Waals surface area contributed by atoms with Crippen molar-refractivity contribution < 1.29 is 19.1 Å². The molecule has 3 rings (SSSR count). The van der Waals surface area contributed by atoms with Crippen LogP contribution in [0.3, 0.4) is 0 Å². The van der Waals surface area contributed by atoms with Crippen LogP contribution < -0.4 is 20.7 Å². The molecule has 1 aliphatic heterocycles. The molecule has 0 spiro atoms. The summed E-state index contributed by atoms with van der Waals surface area (Å²) in [7, 11) is 0. The van der Waals surface area contributed by atoms with E-state index in [0.29, 0.717) is 35.7 Å². The highest BCUT2D eigenvalue weighted by molar-refractivity contribution is 7.80. The zero-order valence-electron chi connectivity index (χ0n) is 18.2. The van der Waals surface area contributed by atoms with E-state index in [-0.39, 0.29) is 23.0 Å². The topological polar surface area (TPSA) is 88.7 Å². The number of thiocarbonyl (C=S) groups is 1. The molecule has 32 heavy (non-hydrogen) atoms. The van der Waals surface area contributed by atoms with Gasteiger partial charge in [-0.3, -0.25) is 14.9 Å². The summed E-state index contributed by atoms with van der Waals surface area (Å²) in [4.78, 5) is 25.4. The Kier molecular flexibility index (Phi) is 9.01. The van der Waals surface area contributed by atoms with Crippen molar-refractivity contribution in [2.24, 2.45) is 0 Å². The Labute approximate surface area is 193 Å². The first kappa shape index (κ1) is 23.7. The van der Waals surface area contributed by atoms with E-state index in [9.17, 15) is 9.59 Å². The van der Waals surface area contributed by atoms with Crippen molar-refractivity contribution >= 4 is 34.8 Å². The minimum atomic E-state index is -0.380. The molecule has 3 N–H and O–H groups in total. The maximum atomic E-state index is 12.8. The summed E-state index contributed by atoms with van der Waals surface area (Å²) in [5.74, 6) is -0.0996. The van der Waals surface area contributed by atoms with E-state index in [2.05, 4.69) is 22.9 Å². The molecule has 0 bridgehead atoms. The second-order valence-corrected chi connectivity index (χ2v) is 7.91. The minimum Gasteiger partial charge on any atom is -0.493 e. The Balaban J connectivity index is 1.60. The van der Waals surface area contributed by atoms with Crippen molar-refractivity contribution in [1.29, 1.82) is 0 Å². The predicted octanol–water partition coefficient (Wildman–Crippen LogP) is 3.90. The van der Waals surface area contributed by atoms with Crippen LogP contribution >= 0.6 is 12.2 Å². The second kappa shape index (κ2) is 12.2. The molecule has 1 atom stereocenters. The normalized spacial score (nSPS) is 15.1. The first-order chi connectivity index (χ1) is 15.6. The molecule has 2 aromatic rings. The number of hydrogen-bond acceptors (Lipinski definition) is 5. The van der Waals surface area contributed by atoms with Gasteiger partial charge in [-0.2, -0.15) is 0 Å². The molecule has 0 radical (unpaired) electrons. The summed E-state index contributed by atoms with van der Waals surface area (Å²) in [6, 6.07) is 14.0. The molecular weight excluding hydrogens is 426 g/mol. The number of carbonyl (C=O) groups excluding carboxylic acids is 2. The van der Waals surface area contributed by atoms with Crippen molar-refractivity contribution in [2.45, 2.75) is 38.7 Å². The minimum absolute atomic E-state index is 0.0547. The lowest BCUT2D eigenvalue weighted by atomic mass is 10.1. The highest BCUT2D eigenvalue weighted by Crippen LogP contribution is 2.19. The lowest BCUT2D eigenvalue weighted by Crippen LogP contribution is -2.36. The van der Waals surface area contributed by atoms with Crippen LogP contribution in [0, 0.1) is 0 Å². The molecule has 0 saturated carbocycles. The van der Waals surface area contributed by atoms with Gasteiger partial charge in [-0.05, 0) is 55.7 Å². The van der Waals surface area contributed by atoms with Gasteiger partial charge in [-0.1, -0.05) is 37.6 Å². The predicted molar refractivity (Wildman–Crippen MR) is 128 cm³/mol. The van der Waals surface area contributed by atoms with Gasteiger partial charge < -0.3 is 20.1 Å². The molecular formula is C24H29N3O4S. The van der Waals surface area contributed by atoms with E-state index < -0.39 is 0 Å². The molecule has 1 saturated heterocycles. The van der Waals surface area contributed by atoms with E-state index in [1.807, 2.05) is 6.07 Å². The third-order valence-electron chi connectivity index (χ3n) is 5.05. The fourth-order valence-corrected chi connectivity index (χ4v) is 3.53. The monoisotopic (exact) mass is 455 g/mol.